The summed E-state index contributed by atoms with van der Waals surface area (Å²) >= 11 is 0. The summed E-state index contributed by atoms with van der Waals surface area (Å²) in [6, 6.07) is 71.0. The zero-order chi connectivity index (χ0) is 51.5. The Hall–Kier alpha value is -7.13. The van der Waals surface area contributed by atoms with E-state index in [-0.39, 0.29) is 48.5 Å². The predicted molar refractivity (Wildman–Crippen MR) is 307 cm³/mol. The van der Waals surface area contributed by atoms with Gasteiger partial charge in [-0.15, -0.1) is 23.8 Å². The topological polar surface area (TPSA) is 50.9 Å². The van der Waals surface area contributed by atoms with Gasteiger partial charge in [-0.1, -0.05) is 238 Å². The first kappa shape index (κ1) is 51.8. The van der Waals surface area contributed by atoms with E-state index in [2.05, 4.69) is 275 Å². The Morgan fingerprint density at radius 3 is 1.68 bits per heavy atom. The first-order valence-corrected chi connectivity index (χ1v) is 25.6. The van der Waals surface area contributed by atoms with Crippen molar-refractivity contribution in [2.75, 3.05) is 0 Å². The summed E-state index contributed by atoms with van der Waals surface area (Å²) in [5.74, 6) is 0.912. The standard InChI is InChI=1S/C69H66N3O.Pt/c1-66(2,3)53-33-34-61(57(42-53)46-25-17-13-18-26-46)72-62-32-22-31-56(63(62)71-65(72)58-43-55(67(4,5)6)44-59(64(58)73)68(7,8)9)50-37-49(45-23-15-12-16-24-45)38-51(39-50)60-41-48(35-36-70-60)47-27-21-30-54(40-47)69(10,11)52-28-19-14-20-29-52;/h12-38,40-44,73H,1-11H3;/q-1;. The van der Waals surface area contributed by atoms with Gasteiger partial charge in [-0.25, -0.2) is 4.98 Å². The number of phenols is 1. The number of aromatic hydroxyl groups is 1. The van der Waals surface area contributed by atoms with Crippen molar-refractivity contribution in [1.82, 2.24) is 14.5 Å². The number of aromatic nitrogens is 3. The molecule has 5 heteroatoms. The monoisotopic (exact) mass is 1150 g/mol. The number of pyridine rings is 1. The maximum atomic E-state index is 12.7. The zero-order valence-corrected chi connectivity index (χ0v) is 46.9. The average Bonchev–Trinajstić information content (AvgIpc) is 3.79. The number of para-hydroxylation sites is 1. The van der Waals surface area contributed by atoms with Crippen molar-refractivity contribution >= 4 is 11.0 Å². The Balaban J connectivity index is 0.00000672. The molecule has 0 spiro atoms. The van der Waals surface area contributed by atoms with Gasteiger partial charge in [0, 0.05) is 49.5 Å². The average molecular weight is 1150 g/mol. The third-order valence-electron chi connectivity index (χ3n) is 14.6. The molecule has 10 aromatic rings. The number of rotatable bonds is 9. The van der Waals surface area contributed by atoms with Crippen LogP contribution < -0.4 is 0 Å². The van der Waals surface area contributed by atoms with Crippen LogP contribution >= 0.6 is 0 Å². The van der Waals surface area contributed by atoms with Crippen LogP contribution in [0.3, 0.4) is 0 Å². The van der Waals surface area contributed by atoms with Crippen LogP contribution in [0.1, 0.15) is 104 Å². The fraction of sp³-hybridized carbons (Fsp3) is 0.217. The summed E-state index contributed by atoms with van der Waals surface area (Å²) in [5, 5.41) is 12.7. The van der Waals surface area contributed by atoms with Crippen molar-refractivity contribution in [3.05, 3.63) is 228 Å². The molecule has 0 saturated carbocycles. The van der Waals surface area contributed by atoms with Gasteiger partial charge in [-0.2, -0.15) is 0 Å². The molecule has 4 nitrogen and oxygen atoms in total. The van der Waals surface area contributed by atoms with Crippen molar-refractivity contribution in [2.24, 2.45) is 0 Å². The van der Waals surface area contributed by atoms with E-state index in [0.717, 1.165) is 83.6 Å². The number of fused-ring (bicyclic) bond motifs is 1. The molecule has 0 radical (unpaired) electrons. The molecule has 2 aromatic heterocycles. The van der Waals surface area contributed by atoms with Crippen LogP contribution in [0.25, 0.3) is 83.9 Å². The van der Waals surface area contributed by atoms with Gasteiger partial charge in [0.2, 0.25) is 0 Å². The van der Waals surface area contributed by atoms with Crippen molar-refractivity contribution < 1.29 is 26.2 Å². The number of hydrogen-bond donors (Lipinski definition) is 1. The van der Waals surface area contributed by atoms with Crippen LogP contribution in [0.15, 0.2) is 194 Å². The minimum Gasteiger partial charge on any atom is -0.507 e. The molecule has 374 valence electrons. The third-order valence-corrected chi connectivity index (χ3v) is 14.6. The molecule has 0 bridgehead atoms. The molecule has 0 fully saturated rings. The van der Waals surface area contributed by atoms with Gasteiger partial charge in [0.05, 0.1) is 22.3 Å². The first-order valence-electron chi connectivity index (χ1n) is 25.6. The van der Waals surface area contributed by atoms with Crippen LogP contribution in [0.4, 0.5) is 0 Å². The number of hydrogen-bond acceptors (Lipinski definition) is 3. The summed E-state index contributed by atoms with van der Waals surface area (Å²) < 4.78 is 2.28. The van der Waals surface area contributed by atoms with Crippen molar-refractivity contribution in [3.8, 4) is 78.6 Å². The SMILES string of the molecule is CC(C)(C)c1ccc(-n2c(-c3cc(C(C)(C)C)cc(C(C)(C)C)c3O)nc3c(-c4[c-]c(-c5cc(-c6cccc(C(C)(C)c7ccccc7)c6)ccn5)cc(-c5ccccc5)c4)cccc32)c(-c2ccccc2)c1.[Pt]. The number of benzene rings is 8. The van der Waals surface area contributed by atoms with E-state index in [1.165, 1.54) is 16.7 Å². The number of phenolic OH excluding ortho intramolecular Hbond substituents is 1. The Morgan fingerprint density at radius 2 is 1.01 bits per heavy atom. The molecule has 0 saturated heterocycles. The molecule has 8 aromatic carbocycles. The van der Waals surface area contributed by atoms with Crippen LogP contribution in [0.2, 0.25) is 0 Å². The van der Waals surface area contributed by atoms with E-state index >= 15 is 0 Å². The second-order valence-electron chi connectivity index (χ2n) is 23.3. The van der Waals surface area contributed by atoms with E-state index < -0.39 is 0 Å². The summed E-state index contributed by atoms with van der Waals surface area (Å²) in [6.45, 7) is 24.6. The Kier molecular flexibility index (Phi) is 14.0. The summed E-state index contributed by atoms with van der Waals surface area (Å²) in [5.41, 5.74) is 18.4. The molecule has 0 amide bonds. The number of nitrogens with zero attached hydrogens (tertiary/aromatic N) is 3. The van der Waals surface area contributed by atoms with Gasteiger partial charge in [-0.05, 0) is 91.1 Å². The second kappa shape index (κ2) is 20.0. The third kappa shape index (κ3) is 10.1. The normalized spacial score (nSPS) is 12.2. The molecule has 0 aliphatic heterocycles. The van der Waals surface area contributed by atoms with Crippen molar-refractivity contribution in [2.45, 2.75) is 97.8 Å². The van der Waals surface area contributed by atoms with E-state index in [1.807, 2.05) is 6.20 Å². The molecular formula is C69H66N3OPt-. The van der Waals surface area contributed by atoms with Gasteiger partial charge in [0.25, 0.3) is 0 Å². The predicted octanol–water partition coefficient (Wildman–Crippen LogP) is 18.1. The summed E-state index contributed by atoms with van der Waals surface area (Å²) in [7, 11) is 0. The summed E-state index contributed by atoms with van der Waals surface area (Å²) in [6.07, 6.45) is 1.91. The van der Waals surface area contributed by atoms with Crippen molar-refractivity contribution in [3.63, 3.8) is 0 Å². The van der Waals surface area contributed by atoms with Crippen LogP contribution in [0.5, 0.6) is 5.75 Å². The van der Waals surface area contributed by atoms with Gasteiger partial charge in [-0.3, -0.25) is 9.55 Å². The molecule has 74 heavy (non-hydrogen) atoms. The van der Waals surface area contributed by atoms with Gasteiger partial charge in [0.1, 0.15) is 11.6 Å². The molecule has 0 aliphatic carbocycles. The number of imidazole rings is 1. The van der Waals surface area contributed by atoms with Crippen molar-refractivity contribution in [1.29, 1.82) is 0 Å². The largest absolute Gasteiger partial charge is 0.507 e. The van der Waals surface area contributed by atoms with Crippen LogP contribution in [-0.4, -0.2) is 19.6 Å². The molecular weight excluding hydrogens is 1080 g/mol. The Morgan fingerprint density at radius 1 is 0.432 bits per heavy atom. The van der Waals surface area contributed by atoms with Crippen LogP contribution in [0, 0.1) is 6.07 Å². The fourth-order valence-electron chi connectivity index (χ4n) is 10.1. The maximum absolute atomic E-state index is 12.7. The zero-order valence-electron chi connectivity index (χ0n) is 44.6. The van der Waals surface area contributed by atoms with Gasteiger partial charge < -0.3 is 5.11 Å². The molecule has 0 aliphatic rings. The van der Waals surface area contributed by atoms with Gasteiger partial charge >= 0.3 is 0 Å². The minimum absolute atomic E-state index is 0. The quantitative estimate of drug-likeness (QED) is 0.147. The van der Waals surface area contributed by atoms with E-state index in [1.54, 1.807) is 0 Å². The molecule has 10 rings (SSSR count). The molecule has 1 N–H and O–H groups in total. The minimum atomic E-state index is -0.345. The second-order valence-corrected chi connectivity index (χ2v) is 23.3. The first-order chi connectivity index (χ1) is 34.8. The molecule has 0 atom stereocenters. The molecule has 2 heterocycles. The fourth-order valence-corrected chi connectivity index (χ4v) is 10.1. The van der Waals surface area contributed by atoms with E-state index in [9.17, 15) is 5.11 Å². The summed E-state index contributed by atoms with van der Waals surface area (Å²) in [4.78, 5) is 10.8. The maximum Gasteiger partial charge on any atom is 0.148 e. The van der Waals surface area contributed by atoms with E-state index in [0.29, 0.717) is 11.4 Å². The molecule has 0 unspecified atom stereocenters. The van der Waals surface area contributed by atoms with E-state index in [4.69, 9.17) is 9.97 Å². The van der Waals surface area contributed by atoms with Crippen LogP contribution in [-0.2, 0) is 42.7 Å². The smallest absolute Gasteiger partial charge is 0.148 e. The Bertz CT molecular complexity index is 3640. The van der Waals surface area contributed by atoms with Gasteiger partial charge in [0.15, 0.2) is 0 Å². The Labute approximate surface area is 453 Å².